The Kier molecular flexibility index (Phi) is 3.00. The van der Waals surface area contributed by atoms with Gasteiger partial charge in [0.15, 0.2) is 0 Å². The fourth-order valence-electron chi connectivity index (χ4n) is 0.828. The molecule has 0 aliphatic carbocycles. The minimum absolute atomic E-state index is 0.485. The van der Waals surface area contributed by atoms with Crippen LogP contribution in [0.5, 0.6) is 0 Å². The van der Waals surface area contributed by atoms with E-state index in [0.29, 0.717) is 5.92 Å². The molecule has 0 unspecified atom stereocenters. The topological polar surface area (TPSA) is 28.7 Å². The number of rotatable bonds is 3. The van der Waals surface area contributed by atoms with Crippen molar-refractivity contribution in [3.63, 3.8) is 0 Å². The molecule has 0 amide bonds. The summed E-state index contributed by atoms with van der Waals surface area (Å²) in [5.74, 6) is 3.58. The van der Waals surface area contributed by atoms with Gasteiger partial charge in [-0.25, -0.2) is 4.98 Å². The quantitative estimate of drug-likeness (QED) is 0.752. The second-order valence-corrected chi connectivity index (χ2v) is 3.43. The Labute approximate surface area is 71.8 Å². The summed E-state index contributed by atoms with van der Waals surface area (Å²) in [6, 6.07) is 0. The lowest BCUT2D eigenvalue weighted by Gasteiger charge is -1.96. The van der Waals surface area contributed by atoms with Gasteiger partial charge in [-0.3, -0.25) is 0 Å². The van der Waals surface area contributed by atoms with Crippen molar-refractivity contribution < 1.29 is 0 Å². The van der Waals surface area contributed by atoms with E-state index in [0.717, 1.165) is 11.5 Å². The van der Waals surface area contributed by atoms with Gasteiger partial charge in [0.05, 0.1) is 11.4 Å². The molecule has 0 aliphatic rings. The zero-order chi connectivity index (χ0) is 8.27. The molecule has 0 saturated carbocycles. The van der Waals surface area contributed by atoms with Gasteiger partial charge in [-0.05, 0) is 6.26 Å². The molecule has 0 spiro atoms. The number of hydrogen-bond donors (Lipinski definition) is 1. The van der Waals surface area contributed by atoms with E-state index in [4.69, 9.17) is 0 Å². The van der Waals surface area contributed by atoms with E-state index in [1.807, 2.05) is 18.2 Å². The van der Waals surface area contributed by atoms with Crippen LogP contribution in [0.1, 0.15) is 31.3 Å². The van der Waals surface area contributed by atoms with Crippen molar-refractivity contribution in [1.82, 2.24) is 9.97 Å². The van der Waals surface area contributed by atoms with Crippen molar-refractivity contribution >= 4 is 11.8 Å². The first kappa shape index (κ1) is 8.65. The summed E-state index contributed by atoms with van der Waals surface area (Å²) in [5, 5.41) is 0. The van der Waals surface area contributed by atoms with Crippen LogP contribution in [-0.4, -0.2) is 16.2 Å². The summed E-state index contributed by atoms with van der Waals surface area (Å²) in [6.45, 7) is 4.25. The minimum Gasteiger partial charge on any atom is -0.348 e. The number of aromatic amines is 1. The Morgan fingerprint density at radius 1 is 1.64 bits per heavy atom. The Morgan fingerprint density at radius 3 is 2.82 bits per heavy atom. The lowest BCUT2D eigenvalue weighted by Crippen LogP contribution is -1.89. The Hall–Kier alpha value is -0.440. The summed E-state index contributed by atoms with van der Waals surface area (Å²) < 4.78 is 0. The molecule has 3 heteroatoms. The standard InChI is InChI=1S/C8H13N2S/c1-6(2)8-9-4-7(10-8)5-11-3/h4-6H,1-3H3,(H,9,10). The summed E-state index contributed by atoms with van der Waals surface area (Å²) in [5.41, 5.74) is 1.03. The van der Waals surface area contributed by atoms with Crippen LogP contribution in [0.15, 0.2) is 6.20 Å². The summed E-state index contributed by atoms with van der Waals surface area (Å²) >= 11 is 1.67. The van der Waals surface area contributed by atoms with Gasteiger partial charge in [-0.15, -0.1) is 0 Å². The van der Waals surface area contributed by atoms with Crippen molar-refractivity contribution in [2.24, 2.45) is 0 Å². The fourth-order valence-corrected chi connectivity index (χ4v) is 1.19. The maximum atomic E-state index is 4.37. The number of H-pyrrole nitrogens is 1. The van der Waals surface area contributed by atoms with Crippen LogP contribution >= 0.6 is 11.8 Å². The van der Waals surface area contributed by atoms with E-state index in [9.17, 15) is 0 Å². The number of aromatic nitrogens is 2. The van der Waals surface area contributed by atoms with Crippen LogP contribution < -0.4 is 0 Å². The summed E-state index contributed by atoms with van der Waals surface area (Å²) in [6.07, 6.45) is 3.97. The molecule has 1 radical (unpaired) electrons. The van der Waals surface area contributed by atoms with Crippen LogP contribution in [0.3, 0.4) is 0 Å². The molecule has 1 N–H and O–H groups in total. The normalized spacial score (nSPS) is 10.9. The lowest BCUT2D eigenvalue weighted by atomic mass is 10.2. The van der Waals surface area contributed by atoms with Gasteiger partial charge in [-0.1, -0.05) is 13.8 Å². The van der Waals surface area contributed by atoms with Crippen LogP contribution in [0.25, 0.3) is 0 Å². The third-order valence-electron chi connectivity index (χ3n) is 1.40. The van der Waals surface area contributed by atoms with E-state index in [1.54, 1.807) is 11.8 Å². The molecule has 0 atom stereocenters. The highest BCUT2D eigenvalue weighted by Crippen LogP contribution is 2.13. The predicted molar refractivity (Wildman–Crippen MR) is 49.6 cm³/mol. The molecule has 0 fully saturated rings. The van der Waals surface area contributed by atoms with Crippen LogP contribution in [0, 0.1) is 5.75 Å². The molecule has 61 valence electrons. The Bertz CT molecular complexity index is 218. The van der Waals surface area contributed by atoms with E-state index >= 15 is 0 Å². The Morgan fingerprint density at radius 2 is 2.36 bits per heavy atom. The van der Waals surface area contributed by atoms with Gasteiger partial charge in [0.2, 0.25) is 0 Å². The number of nitrogens with one attached hydrogen (secondary N) is 1. The maximum absolute atomic E-state index is 4.37. The number of thioether (sulfide) groups is 1. The first-order valence-corrected chi connectivity index (χ1v) is 4.94. The number of hydrogen-bond acceptors (Lipinski definition) is 2. The Balaban J connectivity index is 2.66. The third-order valence-corrected chi connectivity index (χ3v) is 1.88. The molecule has 0 aliphatic heterocycles. The second kappa shape index (κ2) is 3.81. The molecule has 0 bridgehead atoms. The maximum Gasteiger partial charge on any atom is 0.108 e. The second-order valence-electron chi connectivity index (χ2n) is 2.72. The van der Waals surface area contributed by atoms with E-state index in [-0.39, 0.29) is 0 Å². The highest BCUT2D eigenvalue weighted by Gasteiger charge is 2.03. The molecule has 1 aromatic rings. The molecule has 0 saturated heterocycles. The zero-order valence-corrected chi connectivity index (χ0v) is 7.90. The summed E-state index contributed by atoms with van der Waals surface area (Å²) in [4.78, 5) is 7.50. The molecule has 1 heterocycles. The van der Waals surface area contributed by atoms with Gasteiger partial charge >= 0.3 is 0 Å². The highest BCUT2D eigenvalue weighted by atomic mass is 32.2. The molecule has 1 aromatic heterocycles. The smallest absolute Gasteiger partial charge is 0.108 e. The van der Waals surface area contributed by atoms with E-state index in [1.165, 1.54) is 0 Å². The monoisotopic (exact) mass is 169 g/mol. The largest absolute Gasteiger partial charge is 0.348 e. The van der Waals surface area contributed by atoms with Gasteiger partial charge in [-0.2, -0.15) is 11.8 Å². The minimum atomic E-state index is 0.485. The SMILES string of the molecule is CS[CH]c1c[nH]c(C(C)C)n1. The average Bonchev–Trinajstić information content (AvgIpc) is 2.37. The van der Waals surface area contributed by atoms with Crippen molar-refractivity contribution in [3.05, 3.63) is 23.5 Å². The molecule has 0 aromatic carbocycles. The predicted octanol–water partition coefficient (Wildman–Crippen LogP) is 2.41. The van der Waals surface area contributed by atoms with Crippen LogP contribution in [0.2, 0.25) is 0 Å². The highest BCUT2D eigenvalue weighted by molar-refractivity contribution is 8.00. The van der Waals surface area contributed by atoms with Crippen molar-refractivity contribution in [2.75, 3.05) is 6.26 Å². The van der Waals surface area contributed by atoms with Crippen LogP contribution in [-0.2, 0) is 0 Å². The van der Waals surface area contributed by atoms with Gasteiger partial charge < -0.3 is 4.98 Å². The molecule has 1 rings (SSSR count). The van der Waals surface area contributed by atoms with Crippen LogP contribution in [0.4, 0.5) is 0 Å². The summed E-state index contributed by atoms with van der Waals surface area (Å²) in [7, 11) is 0. The first-order chi connectivity index (χ1) is 5.24. The lowest BCUT2D eigenvalue weighted by molar-refractivity contribution is 0.793. The zero-order valence-electron chi connectivity index (χ0n) is 7.09. The van der Waals surface area contributed by atoms with Crippen molar-refractivity contribution in [2.45, 2.75) is 19.8 Å². The third kappa shape index (κ3) is 2.26. The van der Waals surface area contributed by atoms with Crippen molar-refractivity contribution in [1.29, 1.82) is 0 Å². The fraction of sp³-hybridized carbons (Fsp3) is 0.500. The van der Waals surface area contributed by atoms with Gasteiger partial charge in [0, 0.05) is 12.1 Å². The van der Waals surface area contributed by atoms with Gasteiger partial charge in [0.1, 0.15) is 5.82 Å². The molecule has 11 heavy (non-hydrogen) atoms. The average molecular weight is 169 g/mol. The molecular formula is C8H13N2S. The molecule has 2 nitrogen and oxygen atoms in total. The van der Waals surface area contributed by atoms with Gasteiger partial charge in [0.25, 0.3) is 0 Å². The van der Waals surface area contributed by atoms with E-state index < -0.39 is 0 Å². The van der Waals surface area contributed by atoms with E-state index in [2.05, 4.69) is 23.8 Å². The first-order valence-electron chi connectivity index (χ1n) is 3.65. The number of nitrogens with zero attached hydrogens (tertiary/aromatic N) is 1. The number of imidazole rings is 1. The molecular weight excluding hydrogens is 156 g/mol. The van der Waals surface area contributed by atoms with Crippen molar-refractivity contribution in [3.8, 4) is 0 Å².